The minimum atomic E-state index is -0.0488. The van der Waals surface area contributed by atoms with Crippen molar-refractivity contribution in [1.29, 1.82) is 0 Å². The molecule has 0 spiro atoms. The van der Waals surface area contributed by atoms with Crippen LogP contribution < -0.4 is 0 Å². The maximum absolute atomic E-state index is 12.5. The van der Waals surface area contributed by atoms with Crippen LogP contribution in [-0.4, -0.2) is 47.8 Å². The van der Waals surface area contributed by atoms with E-state index in [-0.39, 0.29) is 11.8 Å². The third kappa shape index (κ3) is 4.53. The molecule has 0 radical (unpaired) electrons. The van der Waals surface area contributed by atoms with Gasteiger partial charge in [0.1, 0.15) is 0 Å². The van der Waals surface area contributed by atoms with Crippen LogP contribution in [0.5, 0.6) is 0 Å². The Bertz CT molecular complexity index is 769. The highest BCUT2D eigenvalue weighted by Gasteiger charge is 2.24. The van der Waals surface area contributed by atoms with Gasteiger partial charge in [-0.15, -0.1) is 0 Å². The number of hydrogen-bond donors (Lipinski definition) is 0. The SMILES string of the molecule is O=C(Cc1ccc(Cl)cc1)N1CCN(C(=O)c2cccc(Cl)c2)CC1. The number of carbonyl (C=O) groups is 2. The molecule has 0 saturated carbocycles. The molecule has 1 fully saturated rings. The average molecular weight is 377 g/mol. The van der Waals surface area contributed by atoms with Crippen LogP contribution >= 0.6 is 23.2 Å². The van der Waals surface area contributed by atoms with E-state index >= 15 is 0 Å². The Morgan fingerprint density at radius 1 is 0.840 bits per heavy atom. The molecule has 0 aliphatic carbocycles. The van der Waals surface area contributed by atoms with Gasteiger partial charge in [0.2, 0.25) is 5.91 Å². The molecule has 3 rings (SSSR count). The van der Waals surface area contributed by atoms with Crippen molar-refractivity contribution in [3.05, 3.63) is 69.7 Å². The summed E-state index contributed by atoms with van der Waals surface area (Å²) < 4.78 is 0. The smallest absolute Gasteiger partial charge is 0.254 e. The molecule has 2 amide bonds. The normalized spacial score (nSPS) is 14.5. The van der Waals surface area contributed by atoms with Crippen LogP contribution in [0.25, 0.3) is 0 Å². The highest BCUT2D eigenvalue weighted by Crippen LogP contribution is 2.15. The second-order valence-corrected chi connectivity index (χ2v) is 6.86. The molecule has 1 aliphatic heterocycles. The Labute approximate surface area is 156 Å². The minimum absolute atomic E-state index is 0.0488. The van der Waals surface area contributed by atoms with Crippen LogP contribution in [0.15, 0.2) is 48.5 Å². The number of nitrogens with zero attached hydrogens (tertiary/aromatic N) is 2. The van der Waals surface area contributed by atoms with Gasteiger partial charge in [-0.3, -0.25) is 9.59 Å². The predicted octanol–water partition coefficient (Wildman–Crippen LogP) is 3.52. The lowest BCUT2D eigenvalue weighted by molar-refractivity contribution is -0.131. The van der Waals surface area contributed by atoms with Gasteiger partial charge in [-0.1, -0.05) is 41.4 Å². The molecule has 0 unspecified atom stereocenters. The van der Waals surface area contributed by atoms with Crippen LogP contribution in [0.4, 0.5) is 0 Å². The zero-order valence-corrected chi connectivity index (χ0v) is 15.1. The van der Waals surface area contributed by atoms with Crippen molar-refractivity contribution in [1.82, 2.24) is 9.80 Å². The number of hydrogen-bond acceptors (Lipinski definition) is 2. The fourth-order valence-electron chi connectivity index (χ4n) is 2.85. The monoisotopic (exact) mass is 376 g/mol. The van der Waals surface area contributed by atoms with Gasteiger partial charge in [-0.25, -0.2) is 0 Å². The summed E-state index contributed by atoms with van der Waals surface area (Å²) in [4.78, 5) is 28.5. The second-order valence-electron chi connectivity index (χ2n) is 5.99. The van der Waals surface area contributed by atoms with Gasteiger partial charge in [-0.2, -0.15) is 0 Å². The molecule has 130 valence electrons. The van der Waals surface area contributed by atoms with E-state index in [0.717, 1.165) is 5.56 Å². The molecule has 25 heavy (non-hydrogen) atoms. The van der Waals surface area contributed by atoms with Gasteiger partial charge in [-0.05, 0) is 35.9 Å². The highest BCUT2D eigenvalue weighted by molar-refractivity contribution is 6.31. The molecule has 2 aromatic rings. The van der Waals surface area contributed by atoms with Gasteiger partial charge in [0, 0.05) is 41.8 Å². The van der Waals surface area contributed by atoms with Crippen molar-refractivity contribution in [2.24, 2.45) is 0 Å². The third-order valence-electron chi connectivity index (χ3n) is 4.26. The molecule has 0 bridgehead atoms. The molecule has 0 N–H and O–H groups in total. The molecule has 2 aromatic carbocycles. The number of rotatable bonds is 3. The minimum Gasteiger partial charge on any atom is -0.339 e. The van der Waals surface area contributed by atoms with E-state index in [9.17, 15) is 9.59 Å². The highest BCUT2D eigenvalue weighted by atomic mass is 35.5. The van der Waals surface area contributed by atoms with Gasteiger partial charge < -0.3 is 9.80 Å². The van der Waals surface area contributed by atoms with Crippen LogP contribution in [0.3, 0.4) is 0 Å². The first-order valence-electron chi connectivity index (χ1n) is 8.10. The number of piperazine rings is 1. The number of amides is 2. The summed E-state index contributed by atoms with van der Waals surface area (Å²) in [6.07, 6.45) is 0.347. The average Bonchev–Trinajstić information content (AvgIpc) is 2.63. The van der Waals surface area contributed by atoms with Crippen LogP contribution in [0.2, 0.25) is 10.0 Å². The lowest BCUT2D eigenvalue weighted by atomic mass is 10.1. The van der Waals surface area contributed by atoms with Crippen molar-refractivity contribution >= 4 is 35.0 Å². The fourth-order valence-corrected chi connectivity index (χ4v) is 3.17. The van der Waals surface area contributed by atoms with Crippen LogP contribution in [0.1, 0.15) is 15.9 Å². The lowest BCUT2D eigenvalue weighted by Gasteiger charge is -2.35. The molecular formula is C19H18Cl2N2O2. The second kappa shape index (κ2) is 7.89. The van der Waals surface area contributed by atoms with Gasteiger partial charge >= 0.3 is 0 Å². The summed E-state index contributed by atoms with van der Waals surface area (Å²) in [7, 11) is 0. The van der Waals surface area contributed by atoms with E-state index in [0.29, 0.717) is 48.2 Å². The Balaban J connectivity index is 1.55. The third-order valence-corrected chi connectivity index (χ3v) is 4.75. The van der Waals surface area contributed by atoms with Crippen LogP contribution in [-0.2, 0) is 11.2 Å². The van der Waals surface area contributed by atoms with Crippen molar-refractivity contribution in [2.75, 3.05) is 26.2 Å². The predicted molar refractivity (Wildman–Crippen MR) is 99.1 cm³/mol. The van der Waals surface area contributed by atoms with E-state index in [2.05, 4.69) is 0 Å². The summed E-state index contributed by atoms with van der Waals surface area (Å²) in [5, 5.41) is 1.20. The topological polar surface area (TPSA) is 40.6 Å². The largest absolute Gasteiger partial charge is 0.339 e. The van der Waals surface area contributed by atoms with E-state index in [1.165, 1.54) is 0 Å². The van der Waals surface area contributed by atoms with Gasteiger partial charge in [0.15, 0.2) is 0 Å². The Morgan fingerprint density at radius 2 is 1.48 bits per heavy atom. The van der Waals surface area contributed by atoms with Crippen molar-refractivity contribution in [3.8, 4) is 0 Å². The van der Waals surface area contributed by atoms with Crippen molar-refractivity contribution in [2.45, 2.75) is 6.42 Å². The Kier molecular flexibility index (Phi) is 5.61. The molecule has 1 heterocycles. The van der Waals surface area contributed by atoms with Gasteiger partial charge in [0.05, 0.1) is 6.42 Å². The van der Waals surface area contributed by atoms with Crippen LogP contribution in [0, 0.1) is 0 Å². The van der Waals surface area contributed by atoms with Crippen molar-refractivity contribution < 1.29 is 9.59 Å². The first-order valence-corrected chi connectivity index (χ1v) is 8.85. The van der Waals surface area contributed by atoms with Gasteiger partial charge in [0.25, 0.3) is 5.91 Å². The summed E-state index contributed by atoms with van der Waals surface area (Å²) in [6.45, 7) is 2.13. The zero-order chi connectivity index (χ0) is 17.8. The zero-order valence-electron chi connectivity index (χ0n) is 13.6. The van der Waals surface area contributed by atoms with Crippen molar-refractivity contribution in [3.63, 3.8) is 0 Å². The molecule has 0 aromatic heterocycles. The summed E-state index contributed by atoms with van der Waals surface area (Å²) in [5.74, 6) is 0.0180. The molecule has 0 atom stereocenters. The molecular weight excluding hydrogens is 359 g/mol. The maximum atomic E-state index is 12.5. The molecule has 6 heteroatoms. The Morgan fingerprint density at radius 3 is 2.12 bits per heavy atom. The molecule has 1 saturated heterocycles. The van der Waals surface area contributed by atoms with E-state index in [1.54, 1.807) is 46.2 Å². The summed E-state index contributed by atoms with van der Waals surface area (Å²) in [5.41, 5.74) is 1.51. The molecule has 1 aliphatic rings. The lowest BCUT2D eigenvalue weighted by Crippen LogP contribution is -2.51. The number of halogens is 2. The fraction of sp³-hybridized carbons (Fsp3) is 0.263. The molecule has 4 nitrogen and oxygen atoms in total. The van der Waals surface area contributed by atoms with E-state index in [4.69, 9.17) is 23.2 Å². The first-order chi connectivity index (χ1) is 12.0. The first kappa shape index (κ1) is 17.8. The Hall–Kier alpha value is -2.04. The quantitative estimate of drug-likeness (QED) is 0.821. The standard InChI is InChI=1S/C19H18Cl2N2O2/c20-16-6-4-14(5-7-16)12-18(24)22-8-10-23(11-9-22)19(25)15-2-1-3-17(21)13-15/h1-7,13H,8-12H2. The van der Waals surface area contributed by atoms with E-state index in [1.807, 2.05) is 12.1 Å². The number of carbonyl (C=O) groups excluding carboxylic acids is 2. The van der Waals surface area contributed by atoms with E-state index < -0.39 is 0 Å². The maximum Gasteiger partial charge on any atom is 0.254 e. The summed E-state index contributed by atoms with van der Waals surface area (Å²) in [6, 6.07) is 14.2. The summed E-state index contributed by atoms with van der Waals surface area (Å²) >= 11 is 11.8. The number of benzene rings is 2.